The van der Waals surface area contributed by atoms with E-state index in [1.807, 2.05) is 0 Å². The third-order valence-electron chi connectivity index (χ3n) is 1.92. The van der Waals surface area contributed by atoms with Crippen LogP contribution in [-0.4, -0.2) is 15.1 Å². The van der Waals surface area contributed by atoms with Crippen LogP contribution in [-0.2, 0) is 0 Å². The van der Waals surface area contributed by atoms with E-state index in [1.165, 1.54) is 6.33 Å². The zero-order chi connectivity index (χ0) is 9.97. The van der Waals surface area contributed by atoms with Crippen LogP contribution in [0.15, 0.2) is 36.8 Å². The van der Waals surface area contributed by atoms with Crippen molar-refractivity contribution >= 4 is 5.82 Å². The van der Waals surface area contributed by atoms with Gasteiger partial charge in [0.25, 0.3) is 0 Å². The van der Waals surface area contributed by atoms with Crippen molar-refractivity contribution in [3.8, 4) is 16.9 Å². The maximum atomic E-state index is 9.11. The molecule has 0 saturated carbocycles. The number of phenols is 1. The Bertz CT molecular complexity index is 439. The Kier molecular flexibility index (Phi) is 2.02. The van der Waals surface area contributed by atoms with Crippen molar-refractivity contribution < 1.29 is 5.11 Å². The van der Waals surface area contributed by atoms with Crippen molar-refractivity contribution in [2.24, 2.45) is 0 Å². The number of hydrogen-bond acceptors (Lipinski definition) is 4. The van der Waals surface area contributed by atoms with E-state index in [4.69, 9.17) is 10.8 Å². The third-order valence-corrected chi connectivity index (χ3v) is 1.92. The second kappa shape index (κ2) is 3.33. The first-order valence-electron chi connectivity index (χ1n) is 4.12. The highest BCUT2D eigenvalue weighted by molar-refractivity contribution is 5.72. The Hall–Kier alpha value is -2.10. The SMILES string of the molecule is Nc1ncncc1-c1ccc(O)cc1. The lowest BCUT2D eigenvalue weighted by Crippen LogP contribution is -1.94. The lowest BCUT2D eigenvalue weighted by atomic mass is 10.1. The van der Waals surface area contributed by atoms with E-state index in [9.17, 15) is 0 Å². The van der Waals surface area contributed by atoms with Crippen molar-refractivity contribution in [3.05, 3.63) is 36.8 Å². The van der Waals surface area contributed by atoms with Gasteiger partial charge in [0.2, 0.25) is 0 Å². The Morgan fingerprint density at radius 3 is 2.50 bits per heavy atom. The molecule has 70 valence electrons. The van der Waals surface area contributed by atoms with E-state index in [0.29, 0.717) is 5.82 Å². The van der Waals surface area contributed by atoms with Gasteiger partial charge in [0.1, 0.15) is 17.9 Å². The van der Waals surface area contributed by atoms with Crippen LogP contribution in [0.5, 0.6) is 5.75 Å². The van der Waals surface area contributed by atoms with Gasteiger partial charge in [-0.25, -0.2) is 9.97 Å². The summed E-state index contributed by atoms with van der Waals surface area (Å²) < 4.78 is 0. The molecule has 1 aromatic carbocycles. The number of nitrogens with two attached hydrogens (primary N) is 1. The van der Waals surface area contributed by atoms with E-state index in [1.54, 1.807) is 30.5 Å². The highest BCUT2D eigenvalue weighted by Crippen LogP contribution is 2.24. The number of rotatable bonds is 1. The average molecular weight is 187 g/mol. The van der Waals surface area contributed by atoms with Gasteiger partial charge in [0.05, 0.1) is 0 Å². The molecule has 0 aliphatic heterocycles. The Morgan fingerprint density at radius 2 is 1.86 bits per heavy atom. The van der Waals surface area contributed by atoms with Gasteiger partial charge in [-0.1, -0.05) is 12.1 Å². The van der Waals surface area contributed by atoms with Crippen molar-refractivity contribution in [2.75, 3.05) is 5.73 Å². The Morgan fingerprint density at radius 1 is 1.14 bits per heavy atom. The monoisotopic (exact) mass is 187 g/mol. The summed E-state index contributed by atoms with van der Waals surface area (Å²) in [4.78, 5) is 7.77. The van der Waals surface area contributed by atoms with Crippen LogP contribution >= 0.6 is 0 Å². The molecule has 14 heavy (non-hydrogen) atoms. The van der Waals surface area contributed by atoms with Gasteiger partial charge in [-0.15, -0.1) is 0 Å². The first-order chi connectivity index (χ1) is 6.77. The minimum absolute atomic E-state index is 0.226. The number of aromatic nitrogens is 2. The third kappa shape index (κ3) is 1.50. The number of anilines is 1. The highest BCUT2D eigenvalue weighted by atomic mass is 16.3. The fourth-order valence-electron chi connectivity index (χ4n) is 1.20. The first-order valence-corrected chi connectivity index (χ1v) is 4.12. The van der Waals surface area contributed by atoms with E-state index >= 15 is 0 Å². The van der Waals surface area contributed by atoms with Gasteiger partial charge in [-0.2, -0.15) is 0 Å². The van der Waals surface area contributed by atoms with Gasteiger partial charge in [0, 0.05) is 11.8 Å². The number of phenolic OH excluding ortho intramolecular Hbond substituents is 1. The van der Waals surface area contributed by atoms with Crippen LogP contribution in [0.25, 0.3) is 11.1 Å². The molecule has 2 aromatic rings. The van der Waals surface area contributed by atoms with E-state index in [-0.39, 0.29) is 5.75 Å². The molecule has 2 rings (SSSR count). The standard InChI is InChI=1S/C10H9N3O/c11-10-9(5-12-6-13-10)7-1-3-8(14)4-2-7/h1-6,14H,(H2,11,12,13). The summed E-state index contributed by atoms with van der Waals surface area (Å²) in [6, 6.07) is 6.73. The molecule has 0 unspecified atom stereocenters. The number of nitrogens with zero attached hydrogens (tertiary/aromatic N) is 2. The predicted octanol–water partition coefficient (Wildman–Crippen LogP) is 1.43. The molecule has 4 heteroatoms. The Labute approximate surface area is 81.1 Å². The summed E-state index contributed by atoms with van der Waals surface area (Å²) in [5.41, 5.74) is 7.34. The fraction of sp³-hybridized carbons (Fsp3) is 0. The van der Waals surface area contributed by atoms with Crippen LogP contribution in [0.2, 0.25) is 0 Å². The molecule has 4 nitrogen and oxygen atoms in total. The lowest BCUT2D eigenvalue weighted by molar-refractivity contribution is 0.475. The number of hydrogen-bond donors (Lipinski definition) is 2. The molecule has 0 radical (unpaired) electrons. The normalized spacial score (nSPS) is 10.0. The summed E-state index contributed by atoms with van der Waals surface area (Å²) in [5, 5.41) is 9.11. The topological polar surface area (TPSA) is 72.0 Å². The highest BCUT2D eigenvalue weighted by Gasteiger charge is 2.02. The molecule has 0 aliphatic carbocycles. The molecule has 3 N–H and O–H groups in total. The molecule has 1 heterocycles. The summed E-state index contributed by atoms with van der Waals surface area (Å²) in [6.45, 7) is 0. The van der Waals surface area contributed by atoms with Gasteiger partial charge in [0.15, 0.2) is 0 Å². The number of aromatic hydroxyl groups is 1. The van der Waals surface area contributed by atoms with Gasteiger partial charge >= 0.3 is 0 Å². The van der Waals surface area contributed by atoms with Crippen molar-refractivity contribution in [1.82, 2.24) is 9.97 Å². The Balaban J connectivity index is 2.50. The van der Waals surface area contributed by atoms with Crippen LogP contribution in [0, 0.1) is 0 Å². The summed E-state index contributed by atoms with van der Waals surface area (Å²) in [7, 11) is 0. The maximum Gasteiger partial charge on any atom is 0.134 e. The van der Waals surface area contributed by atoms with Gasteiger partial charge in [-0.3, -0.25) is 0 Å². The van der Waals surface area contributed by atoms with E-state index in [2.05, 4.69) is 9.97 Å². The fourth-order valence-corrected chi connectivity index (χ4v) is 1.20. The minimum atomic E-state index is 0.226. The zero-order valence-corrected chi connectivity index (χ0v) is 7.38. The summed E-state index contributed by atoms with van der Waals surface area (Å²) in [5.74, 6) is 0.662. The van der Waals surface area contributed by atoms with Gasteiger partial charge in [-0.05, 0) is 17.7 Å². The zero-order valence-electron chi connectivity index (χ0n) is 7.38. The molecule has 0 fully saturated rings. The molecule has 0 bridgehead atoms. The molecule has 0 aliphatic rings. The molecule has 0 spiro atoms. The molecule has 0 atom stereocenters. The molecule has 1 aromatic heterocycles. The number of nitrogen functional groups attached to an aromatic ring is 1. The van der Waals surface area contributed by atoms with Crippen LogP contribution < -0.4 is 5.73 Å². The van der Waals surface area contributed by atoms with Crippen LogP contribution in [0.1, 0.15) is 0 Å². The van der Waals surface area contributed by atoms with E-state index in [0.717, 1.165) is 11.1 Å². The van der Waals surface area contributed by atoms with Crippen molar-refractivity contribution in [1.29, 1.82) is 0 Å². The maximum absolute atomic E-state index is 9.11. The second-order valence-corrected chi connectivity index (χ2v) is 2.87. The molecule has 0 amide bonds. The number of benzene rings is 1. The summed E-state index contributed by atoms with van der Waals surface area (Å²) in [6.07, 6.45) is 3.05. The van der Waals surface area contributed by atoms with Crippen molar-refractivity contribution in [3.63, 3.8) is 0 Å². The van der Waals surface area contributed by atoms with E-state index < -0.39 is 0 Å². The average Bonchev–Trinajstić information content (AvgIpc) is 2.20. The largest absolute Gasteiger partial charge is 0.508 e. The first kappa shape index (κ1) is 8.50. The summed E-state index contributed by atoms with van der Waals surface area (Å²) >= 11 is 0. The van der Waals surface area contributed by atoms with Gasteiger partial charge < -0.3 is 10.8 Å². The molecular weight excluding hydrogens is 178 g/mol. The van der Waals surface area contributed by atoms with Crippen molar-refractivity contribution in [2.45, 2.75) is 0 Å². The minimum Gasteiger partial charge on any atom is -0.508 e. The smallest absolute Gasteiger partial charge is 0.134 e. The second-order valence-electron chi connectivity index (χ2n) is 2.87. The van der Waals surface area contributed by atoms with Crippen LogP contribution in [0.4, 0.5) is 5.82 Å². The molecular formula is C10H9N3O. The predicted molar refractivity (Wildman–Crippen MR) is 53.5 cm³/mol. The van der Waals surface area contributed by atoms with Crippen LogP contribution in [0.3, 0.4) is 0 Å². The quantitative estimate of drug-likeness (QED) is 0.708. The lowest BCUT2D eigenvalue weighted by Gasteiger charge is -2.03. The molecule has 0 saturated heterocycles.